The van der Waals surface area contributed by atoms with Crippen LogP contribution in [0.15, 0.2) is 18.2 Å². The van der Waals surface area contributed by atoms with Crippen LogP contribution in [0, 0.1) is 0 Å². The van der Waals surface area contributed by atoms with E-state index < -0.39 is 0 Å². The second-order valence-electron chi connectivity index (χ2n) is 4.14. The van der Waals surface area contributed by atoms with E-state index in [9.17, 15) is 4.79 Å². The van der Waals surface area contributed by atoms with Gasteiger partial charge in [-0.3, -0.25) is 4.79 Å². The maximum absolute atomic E-state index is 11.3. The van der Waals surface area contributed by atoms with Crippen LogP contribution in [-0.2, 0) is 0 Å². The van der Waals surface area contributed by atoms with Gasteiger partial charge < -0.3 is 4.90 Å². The molecule has 0 heterocycles. The predicted molar refractivity (Wildman–Crippen MR) is 77.7 cm³/mol. The van der Waals surface area contributed by atoms with E-state index in [4.69, 9.17) is 11.6 Å². The van der Waals surface area contributed by atoms with Crippen molar-refractivity contribution in [3.8, 4) is 0 Å². The average Bonchev–Trinajstić information content (AvgIpc) is 2.27. The lowest BCUT2D eigenvalue weighted by atomic mass is 10.1. The van der Waals surface area contributed by atoms with Gasteiger partial charge in [-0.25, -0.2) is 0 Å². The summed E-state index contributed by atoms with van der Waals surface area (Å²) in [6, 6.07) is 6.03. The molecule has 1 atom stereocenters. The quantitative estimate of drug-likeness (QED) is 0.761. The predicted octanol–water partition coefficient (Wildman–Crippen LogP) is 3.73. The van der Waals surface area contributed by atoms with Gasteiger partial charge in [-0.2, -0.15) is 11.8 Å². The average molecular weight is 272 g/mol. The second kappa shape index (κ2) is 6.31. The summed E-state index contributed by atoms with van der Waals surface area (Å²) in [5.41, 5.74) is 1.63. The van der Waals surface area contributed by atoms with Gasteiger partial charge in [0.15, 0.2) is 5.78 Å². The fraction of sp³-hybridized carbons (Fsp3) is 0.462. The minimum Gasteiger partial charge on any atom is -0.371 e. The van der Waals surface area contributed by atoms with Crippen LogP contribution in [0.5, 0.6) is 0 Å². The van der Waals surface area contributed by atoms with Crippen molar-refractivity contribution in [1.82, 2.24) is 0 Å². The number of hydrogen-bond donors (Lipinski definition) is 0. The topological polar surface area (TPSA) is 20.3 Å². The Hall–Kier alpha value is -0.670. The first-order chi connectivity index (χ1) is 7.97. The summed E-state index contributed by atoms with van der Waals surface area (Å²) in [6.07, 6.45) is 2.09. The molecule has 94 valence electrons. The zero-order valence-corrected chi connectivity index (χ0v) is 12.2. The van der Waals surface area contributed by atoms with Gasteiger partial charge in [0.05, 0.1) is 5.02 Å². The normalized spacial score (nSPS) is 12.3. The van der Waals surface area contributed by atoms with E-state index in [-0.39, 0.29) is 5.78 Å². The highest BCUT2D eigenvalue weighted by Gasteiger charge is 2.12. The van der Waals surface area contributed by atoms with Crippen LogP contribution < -0.4 is 4.90 Å². The molecular weight excluding hydrogens is 254 g/mol. The molecule has 0 bridgehead atoms. The lowest BCUT2D eigenvalue weighted by Gasteiger charge is -2.26. The Balaban J connectivity index is 2.93. The number of hydrogen-bond acceptors (Lipinski definition) is 3. The van der Waals surface area contributed by atoms with Crippen LogP contribution >= 0.6 is 23.4 Å². The summed E-state index contributed by atoms with van der Waals surface area (Å²) in [5, 5.41) is 0.526. The van der Waals surface area contributed by atoms with Gasteiger partial charge in [0.2, 0.25) is 0 Å². The van der Waals surface area contributed by atoms with E-state index in [0.717, 1.165) is 11.4 Å². The van der Waals surface area contributed by atoms with Crippen molar-refractivity contribution in [3.05, 3.63) is 28.8 Å². The SMILES string of the molecule is CSCC(C)N(C)c1ccc(C(C)=O)c(Cl)c1. The van der Waals surface area contributed by atoms with Gasteiger partial charge in [0, 0.05) is 30.1 Å². The van der Waals surface area contributed by atoms with Crippen molar-refractivity contribution in [2.45, 2.75) is 19.9 Å². The van der Waals surface area contributed by atoms with Crippen molar-refractivity contribution in [2.24, 2.45) is 0 Å². The third kappa shape index (κ3) is 3.65. The molecule has 0 radical (unpaired) electrons. The van der Waals surface area contributed by atoms with E-state index in [2.05, 4.69) is 18.1 Å². The highest BCUT2D eigenvalue weighted by molar-refractivity contribution is 7.98. The van der Waals surface area contributed by atoms with E-state index in [0.29, 0.717) is 16.6 Å². The number of carbonyl (C=O) groups is 1. The van der Waals surface area contributed by atoms with Crippen molar-refractivity contribution < 1.29 is 4.79 Å². The molecule has 0 N–H and O–H groups in total. The van der Waals surface area contributed by atoms with Gasteiger partial charge in [0.25, 0.3) is 0 Å². The lowest BCUT2D eigenvalue weighted by Crippen LogP contribution is -2.30. The zero-order valence-electron chi connectivity index (χ0n) is 10.7. The fourth-order valence-corrected chi connectivity index (χ4v) is 2.63. The van der Waals surface area contributed by atoms with Crippen molar-refractivity contribution in [2.75, 3.05) is 24.0 Å². The number of benzene rings is 1. The van der Waals surface area contributed by atoms with Crippen molar-refractivity contribution in [1.29, 1.82) is 0 Å². The molecule has 2 nitrogen and oxygen atoms in total. The number of nitrogens with zero attached hydrogens (tertiary/aromatic N) is 1. The van der Waals surface area contributed by atoms with Crippen LogP contribution in [0.3, 0.4) is 0 Å². The summed E-state index contributed by atoms with van der Waals surface area (Å²) in [6.45, 7) is 3.70. The first-order valence-corrected chi connectivity index (χ1v) is 7.26. The smallest absolute Gasteiger partial charge is 0.161 e. The molecule has 1 rings (SSSR count). The van der Waals surface area contributed by atoms with Crippen LogP contribution in [0.25, 0.3) is 0 Å². The van der Waals surface area contributed by atoms with Gasteiger partial charge in [-0.15, -0.1) is 0 Å². The fourth-order valence-electron chi connectivity index (χ4n) is 1.62. The molecule has 4 heteroatoms. The first kappa shape index (κ1) is 14.4. The van der Waals surface area contributed by atoms with Gasteiger partial charge >= 0.3 is 0 Å². The van der Waals surface area contributed by atoms with Gasteiger partial charge in [0.1, 0.15) is 0 Å². The number of Topliss-reactive ketones (excluding diaryl/α,β-unsaturated/α-hetero) is 1. The maximum atomic E-state index is 11.3. The summed E-state index contributed by atoms with van der Waals surface area (Å²) in [4.78, 5) is 13.5. The zero-order chi connectivity index (χ0) is 13.0. The molecule has 0 amide bonds. The molecule has 0 aliphatic heterocycles. The Bertz CT molecular complexity index is 408. The van der Waals surface area contributed by atoms with Crippen LogP contribution in [0.1, 0.15) is 24.2 Å². The number of carbonyl (C=O) groups excluding carboxylic acids is 1. The van der Waals surface area contributed by atoms with E-state index in [1.165, 1.54) is 6.92 Å². The first-order valence-electron chi connectivity index (χ1n) is 5.49. The molecule has 1 unspecified atom stereocenters. The van der Waals surface area contributed by atoms with Crippen molar-refractivity contribution >= 4 is 34.8 Å². The Kier molecular flexibility index (Phi) is 5.34. The molecule has 0 spiro atoms. The van der Waals surface area contributed by atoms with Crippen LogP contribution in [0.4, 0.5) is 5.69 Å². The Morgan fingerprint density at radius 1 is 1.53 bits per heavy atom. The Morgan fingerprint density at radius 3 is 2.65 bits per heavy atom. The third-order valence-corrected chi connectivity index (χ3v) is 3.94. The maximum Gasteiger partial charge on any atom is 0.161 e. The highest BCUT2D eigenvalue weighted by Crippen LogP contribution is 2.25. The number of anilines is 1. The molecule has 0 fully saturated rings. The molecule has 0 aliphatic carbocycles. The molecular formula is C13H18ClNOS. The summed E-state index contributed by atoms with van der Waals surface area (Å²) >= 11 is 7.91. The lowest BCUT2D eigenvalue weighted by molar-refractivity contribution is 0.101. The largest absolute Gasteiger partial charge is 0.371 e. The highest BCUT2D eigenvalue weighted by atomic mass is 35.5. The summed E-state index contributed by atoms with van der Waals surface area (Å²) in [7, 11) is 2.04. The summed E-state index contributed by atoms with van der Waals surface area (Å²) < 4.78 is 0. The number of rotatable bonds is 5. The monoisotopic (exact) mass is 271 g/mol. The number of ketones is 1. The van der Waals surface area contributed by atoms with E-state index >= 15 is 0 Å². The van der Waals surface area contributed by atoms with Gasteiger partial charge in [-0.1, -0.05) is 11.6 Å². The molecule has 0 aromatic heterocycles. The van der Waals surface area contributed by atoms with Crippen molar-refractivity contribution in [3.63, 3.8) is 0 Å². The Labute approximate surface area is 112 Å². The molecule has 0 saturated carbocycles. The molecule has 1 aromatic rings. The minimum absolute atomic E-state index is 0.00126. The standard InChI is InChI=1S/C13H18ClNOS/c1-9(8-17-4)15(3)11-5-6-12(10(2)16)13(14)7-11/h5-7,9H,8H2,1-4H3. The van der Waals surface area contributed by atoms with Crippen LogP contribution in [-0.4, -0.2) is 30.9 Å². The Morgan fingerprint density at radius 2 is 2.18 bits per heavy atom. The van der Waals surface area contributed by atoms with E-state index in [1.54, 1.807) is 6.07 Å². The number of thioether (sulfide) groups is 1. The molecule has 0 saturated heterocycles. The molecule has 1 aromatic carbocycles. The number of halogens is 1. The molecule has 17 heavy (non-hydrogen) atoms. The third-order valence-electron chi connectivity index (χ3n) is 2.81. The van der Waals surface area contributed by atoms with Gasteiger partial charge in [-0.05, 0) is 38.3 Å². The molecule has 0 aliphatic rings. The van der Waals surface area contributed by atoms with E-state index in [1.807, 2.05) is 30.9 Å². The minimum atomic E-state index is 0.00126. The van der Waals surface area contributed by atoms with Crippen LogP contribution in [0.2, 0.25) is 5.02 Å². The second-order valence-corrected chi connectivity index (χ2v) is 5.45. The summed E-state index contributed by atoms with van der Waals surface area (Å²) in [5.74, 6) is 1.06.